The van der Waals surface area contributed by atoms with Gasteiger partial charge in [-0.05, 0) is 24.1 Å². The minimum absolute atomic E-state index is 0.445. The summed E-state index contributed by atoms with van der Waals surface area (Å²) < 4.78 is 13.3. The number of halogens is 1. The number of benzene rings is 1. The third-order valence-electron chi connectivity index (χ3n) is 3.28. The lowest BCUT2D eigenvalue weighted by Gasteiger charge is -2.09. The van der Waals surface area contributed by atoms with Crippen LogP contribution in [0.4, 0.5) is 0 Å². The monoisotopic (exact) mass is 292 g/mol. The molecule has 5 heteroatoms. The van der Waals surface area contributed by atoms with Crippen molar-refractivity contribution in [1.82, 2.24) is 9.78 Å². The zero-order chi connectivity index (χ0) is 13.9. The molecule has 0 saturated heterocycles. The first-order valence-corrected chi connectivity index (χ1v) is 7.23. The second kappa shape index (κ2) is 5.75. The molecule has 0 amide bonds. The summed E-state index contributed by atoms with van der Waals surface area (Å²) in [4.78, 5) is 0. The summed E-state index contributed by atoms with van der Waals surface area (Å²) in [5.74, 6) is 1.69. The van der Waals surface area contributed by atoms with E-state index in [1.54, 1.807) is 6.20 Å². The Morgan fingerprint density at radius 3 is 3.20 bits per heavy atom. The van der Waals surface area contributed by atoms with Crippen LogP contribution in [-0.2, 0) is 19.6 Å². The predicted molar refractivity (Wildman–Crippen MR) is 77.5 cm³/mol. The van der Waals surface area contributed by atoms with Crippen LogP contribution in [0.3, 0.4) is 0 Å². The molecule has 20 heavy (non-hydrogen) atoms. The molecular formula is C15H17ClN2O2. The van der Waals surface area contributed by atoms with Gasteiger partial charge >= 0.3 is 0 Å². The standard InChI is InChI=1S/C15H17ClN2O2/c1-2-4-18-9-14(8-17-18)20-10-12-7-13(16)6-11-3-5-19-15(11)12/h6-9H,2-5,10H2,1H3. The van der Waals surface area contributed by atoms with Gasteiger partial charge in [0.05, 0.1) is 19.0 Å². The van der Waals surface area contributed by atoms with Crippen molar-refractivity contribution in [2.24, 2.45) is 0 Å². The Kier molecular flexibility index (Phi) is 3.83. The molecule has 0 aliphatic carbocycles. The molecule has 0 spiro atoms. The molecule has 0 fully saturated rings. The van der Waals surface area contributed by atoms with E-state index in [9.17, 15) is 0 Å². The van der Waals surface area contributed by atoms with Gasteiger partial charge in [-0.15, -0.1) is 0 Å². The van der Waals surface area contributed by atoms with Gasteiger partial charge in [0.15, 0.2) is 5.75 Å². The van der Waals surface area contributed by atoms with Crippen LogP contribution in [0.15, 0.2) is 24.5 Å². The molecule has 2 heterocycles. The maximum absolute atomic E-state index is 6.13. The highest BCUT2D eigenvalue weighted by Crippen LogP contribution is 2.33. The molecule has 4 nitrogen and oxygen atoms in total. The highest BCUT2D eigenvalue weighted by molar-refractivity contribution is 6.30. The first-order valence-electron chi connectivity index (χ1n) is 6.85. The van der Waals surface area contributed by atoms with Gasteiger partial charge in [-0.3, -0.25) is 4.68 Å². The summed E-state index contributed by atoms with van der Waals surface area (Å²) in [7, 11) is 0. The van der Waals surface area contributed by atoms with Crippen LogP contribution in [0, 0.1) is 0 Å². The van der Waals surface area contributed by atoms with Gasteiger partial charge in [-0.25, -0.2) is 0 Å². The van der Waals surface area contributed by atoms with Gasteiger partial charge in [0.1, 0.15) is 12.4 Å². The van der Waals surface area contributed by atoms with E-state index < -0.39 is 0 Å². The lowest BCUT2D eigenvalue weighted by Crippen LogP contribution is -1.99. The molecule has 1 aromatic carbocycles. The fraction of sp³-hybridized carbons (Fsp3) is 0.400. The van der Waals surface area contributed by atoms with Crippen molar-refractivity contribution >= 4 is 11.6 Å². The Hall–Kier alpha value is -1.68. The summed E-state index contributed by atoms with van der Waals surface area (Å²) in [5.41, 5.74) is 2.16. The van der Waals surface area contributed by atoms with Crippen molar-refractivity contribution in [3.05, 3.63) is 40.7 Å². The van der Waals surface area contributed by atoms with Gasteiger partial charge in [-0.1, -0.05) is 18.5 Å². The van der Waals surface area contributed by atoms with Gasteiger partial charge in [0.2, 0.25) is 0 Å². The number of nitrogens with zero attached hydrogens (tertiary/aromatic N) is 2. The number of aryl methyl sites for hydroxylation is 1. The Labute approximate surface area is 123 Å². The smallest absolute Gasteiger partial charge is 0.157 e. The molecule has 0 radical (unpaired) electrons. The van der Waals surface area contributed by atoms with E-state index in [1.807, 2.05) is 23.0 Å². The zero-order valence-corrected chi connectivity index (χ0v) is 12.2. The van der Waals surface area contributed by atoms with Crippen LogP contribution in [0.2, 0.25) is 5.02 Å². The first-order chi connectivity index (χ1) is 9.76. The van der Waals surface area contributed by atoms with Crippen LogP contribution in [0.25, 0.3) is 0 Å². The fourth-order valence-corrected chi connectivity index (χ4v) is 2.65. The summed E-state index contributed by atoms with van der Waals surface area (Å²) in [5, 5.41) is 4.97. The van der Waals surface area contributed by atoms with E-state index in [1.165, 1.54) is 0 Å². The number of hydrogen-bond donors (Lipinski definition) is 0. The van der Waals surface area contributed by atoms with Crippen LogP contribution in [0.1, 0.15) is 24.5 Å². The Bertz CT molecular complexity index is 610. The van der Waals surface area contributed by atoms with Crippen LogP contribution in [-0.4, -0.2) is 16.4 Å². The number of hydrogen-bond acceptors (Lipinski definition) is 3. The van der Waals surface area contributed by atoms with E-state index in [0.717, 1.165) is 53.6 Å². The minimum atomic E-state index is 0.445. The van der Waals surface area contributed by atoms with Crippen LogP contribution >= 0.6 is 11.6 Å². The molecule has 0 saturated carbocycles. The molecule has 106 valence electrons. The number of aromatic nitrogens is 2. The van der Waals surface area contributed by atoms with E-state index >= 15 is 0 Å². The fourth-order valence-electron chi connectivity index (χ4n) is 2.38. The maximum Gasteiger partial charge on any atom is 0.157 e. The van der Waals surface area contributed by atoms with Crippen LogP contribution < -0.4 is 9.47 Å². The molecule has 3 rings (SSSR count). The Morgan fingerprint density at radius 1 is 1.45 bits per heavy atom. The minimum Gasteiger partial charge on any atom is -0.493 e. The van der Waals surface area contributed by atoms with Crippen molar-refractivity contribution in [2.75, 3.05) is 6.61 Å². The lowest BCUT2D eigenvalue weighted by atomic mass is 10.1. The highest BCUT2D eigenvalue weighted by Gasteiger charge is 2.18. The number of rotatable bonds is 5. The highest BCUT2D eigenvalue weighted by atomic mass is 35.5. The third kappa shape index (κ3) is 2.75. The van der Waals surface area contributed by atoms with Crippen molar-refractivity contribution in [3.8, 4) is 11.5 Å². The van der Waals surface area contributed by atoms with Crippen molar-refractivity contribution in [2.45, 2.75) is 32.9 Å². The van der Waals surface area contributed by atoms with E-state index in [4.69, 9.17) is 21.1 Å². The number of ether oxygens (including phenoxy) is 2. The predicted octanol–water partition coefficient (Wildman–Crippen LogP) is 3.46. The van der Waals surface area contributed by atoms with Crippen molar-refractivity contribution in [1.29, 1.82) is 0 Å². The lowest BCUT2D eigenvalue weighted by molar-refractivity contribution is 0.291. The third-order valence-corrected chi connectivity index (χ3v) is 3.50. The summed E-state index contributed by atoms with van der Waals surface area (Å²) in [6.45, 7) is 4.19. The quantitative estimate of drug-likeness (QED) is 0.847. The molecule has 0 unspecified atom stereocenters. The summed E-state index contributed by atoms with van der Waals surface area (Å²) in [6, 6.07) is 3.87. The molecule has 1 aliphatic rings. The van der Waals surface area contributed by atoms with E-state index in [-0.39, 0.29) is 0 Å². The molecule has 0 N–H and O–H groups in total. The van der Waals surface area contributed by atoms with Crippen molar-refractivity contribution < 1.29 is 9.47 Å². The largest absolute Gasteiger partial charge is 0.493 e. The van der Waals surface area contributed by atoms with E-state index in [2.05, 4.69) is 12.0 Å². The zero-order valence-electron chi connectivity index (χ0n) is 11.4. The summed E-state index contributed by atoms with van der Waals surface area (Å²) in [6.07, 6.45) is 5.62. The topological polar surface area (TPSA) is 36.3 Å². The second-order valence-electron chi connectivity index (χ2n) is 4.88. The average molecular weight is 293 g/mol. The first kappa shape index (κ1) is 13.3. The maximum atomic E-state index is 6.13. The molecule has 1 aromatic heterocycles. The number of fused-ring (bicyclic) bond motifs is 1. The van der Waals surface area contributed by atoms with Crippen molar-refractivity contribution in [3.63, 3.8) is 0 Å². The van der Waals surface area contributed by atoms with Gasteiger partial charge in [-0.2, -0.15) is 5.10 Å². The normalized spacial score (nSPS) is 13.1. The summed E-state index contributed by atoms with van der Waals surface area (Å²) >= 11 is 6.13. The average Bonchev–Trinajstić information content (AvgIpc) is 3.05. The van der Waals surface area contributed by atoms with Crippen LogP contribution in [0.5, 0.6) is 11.5 Å². The Balaban J connectivity index is 1.72. The van der Waals surface area contributed by atoms with Gasteiger partial charge in [0.25, 0.3) is 0 Å². The molecule has 1 aliphatic heterocycles. The molecular weight excluding hydrogens is 276 g/mol. The molecule has 2 aromatic rings. The molecule has 0 atom stereocenters. The second-order valence-corrected chi connectivity index (χ2v) is 5.32. The van der Waals surface area contributed by atoms with Gasteiger partial charge in [0, 0.05) is 23.6 Å². The Morgan fingerprint density at radius 2 is 2.35 bits per heavy atom. The SMILES string of the molecule is CCCn1cc(OCc2cc(Cl)cc3c2OCC3)cn1. The van der Waals surface area contributed by atoms with E-state index in [0.29, 0.717) is 6.61 Å². The van der Waals surface area contributed by atoms with Gasteiger partial charge < -0.3 is 9.47 Å². The molecule has 0 bridgehead atoms.